The number of benzene rings is 1. The van der Waals surface area contributed by atoms with Crippen molar-refractivity contribution < 1.29 is 19.1 Å². The van der Waals surface area contributed by atoms with Gasteiger partial charge in [0, 0.05) is 6.20 Å². The summed E-state index contributed by atoms with van der Waals surface area (Å²) in [7, 11) is 0. The van der Waals surface area contributed by atoms with Crippen LogP contribution in [0.25, 0.3) is 0 Å². The minimum absolute atomic E-state index is 0.101. The van der Waals surface area contributed by atoms with Gasteiger partial charge in [0.05, 0.1) is 6.54 Å². The normalized spacial score (nSPS) is 11.0. The molecule has 2 aromatic rings. The van der Waals surface area contributed by atoms with Crippen LogP contribution in [0.15, 0.2) is 42.6 Å². The van der Waals surface area contributed by atoms with E-state index >= 15 is 0 Å². The molecular formula is C19H24N2O4. The lowest BCUT2D eigenvalue weighted by Crippen LogP contribution is -2.32. The van der Waals surface area contributed by atoms with Crippen LogP contribution in [-0.2, 0) is 14.9 Å². The second-order valence-electron chi connectivity index (χ2n) is 6.63. The van der Waals surface area contributed by atoms with Crippen molar-refractivity contribution in [2.75, 3.05) is 19.8 Å². The highest BCUT2D eigenvalue weighted by Gasteiger charge is 2.13. The summed E-state index contributed by atoms with van der Waals surface area (Å²) in [6.07, 6.45) is 1.61. The smallest absolute Gasteiger partial charge is 0.355 e. The zero-order valence-corrected chi connectivity index (χ0v) is 14.8. The molecule has 1 heterocycles. The van der Waals surface area contributed by atoms with Gasteiger partial charge in [-0.1, -0.05) is 32.9 Å². The molecule has 2 N–H and O–H groups in total. The van der Waals surface area contributed by atoms with Crippen LogP contribution in [0.4, 0.5) is 0 Å². The fourth-order valence-corrected chi connectivity index (χ4v) is 2.13. The van der Waals surface area contributed by atoms with Gasteiger partial charge in [-0.25, -0.2) is 4.79 Å². The molecule has 0 saturated carbocycles. The number of carbonyl (C=O) groups is 2. The van der Waals surface area contributed by atoms with E-state index in [4.69, 9.17) is 9.47 Å². The molecule has 1 aromatic heterocycles. The third kappa shape index (κ3) is 5.99. The number of hydrogen-bond acceptors (Lipinski definition) is 4. The minimum atomic E-state index is -0.560. The van der Waals surface area contributed by atoms with Crippen LogP contribution in [0.2, 0.25) is 0 Å². The van der Waals surface area contributed by atoms with E-state index in [1.54, 1.807) is 18.3 Å². The molecule has 0 fully saturated rings. The Morgan fingerprint density at radius 3 is 2.44 bits per heavy atom. The molecule has 0 saturated heterocycles. The van der Waals surface area contributed by atoms with E-state index in [1.165, 1.54) is 5.56 Å². The van der Waals surface area contributed by atoms with Crippen LogP contribution < -0.4 is 10.1 Å². The lowest BCUT2D eigenvalue weighted by molar-refractivity contribution is -0.124. The summed E-state index contributed by atoms with van der Waals surface area (Å²) in [5.41, 5.74) is 1.65. The molecule has 0 atom stereocenters. The summed E-state index contributed by atoms with van der Waals surface area (Å²) in [5, 5.41) is 2.64. The number of carbonyl (C=O) groups excluding carboxylic acids is 2. The monoisotopic (exact) mass is 344 g/mol. The number of H-pyrrole nitrogens is 1. The minimum Gasteiger partial charge on any atom is -0.492 e. The van der Waals surface area contributed by atoms with E-state index in [1.807, 2.05) is 24.3 Å². The molecule has 0 aliphatic heterocycles. The van der Waals surface area contributed by atoms with Crippen molar-refractivity contribution in [2.45, 2.75) is 26.2 Å². The predicted octanol–water partition coefficient (Wildman–Crippen LogP) is 2.66. The Morgan fingerprint density at radius 1 is 1.12 bits per heavy atom. The maximum absolute atomic E-state index is 11.6. The van der Waals surface area contributed by atoms with E-state index in [0.717, 1.165) is 5.75 Å². The van der Waals surface area contributed by atoms with Gasteiger partial charge in [0.1, 0.15) is 18.1 Å². The summed E-state index contributed by atoms with van der Waals surface area (Å²) in [4.78, 5) is 25.9. The lowest BCUT2D eigenvalue weighted by Gasteiger charge is -2.19. The van der Waals surface area contributed by atoms with Crippen molar-refractivity contribution in [2.24, 2.45) is 0 Å². The quantitative estimate of drug-likeness (QED) is 0.598. The molecule has 0 bridgehead atoms. The van der Waals surface area contributed by atoms with Crippen LogP contribution in [0.1, 0.15) is 36.8 Å². The van der Waals surface area contributed by atoms with Crippen LogP contribution in [0, 0.1) is 0 Å². The van der Waals surface area contributed by atoms with Crippen molar-refractivity contribution in [1.82, 2.24) is 10.3 Å². The molecule has 0 aliphatic rings. The average Bonchev–Trinajstić information content (AvgIpc) is 3.11. The van der Waals surface area contributed by atoms with E-state index in [2.05, 4.69) is 31.1 Å². The second-order valence-corrected chi connectivity index (χ2v) is 6.63. The van der Waals surface area contributed by atoms with Gasteiger partial charge < -0.3 is 19.8 Å². The summed E-state index contributed by atoms with van der Waals surface area (Å²) in [6.45, 7) is 6.81. The third-order valence-electron chi connectivity index (χ3n) is 3.57. The molecule has 1 amide bonds. The predicted molar refractivity (Wildman–Crippen MR) is 94.7 cm³/mol. The number of hydrogen-bond donors (Lipinski definition) is 2. The molecule has 0 radical (unpaired) electrons. The van der Waals surface area contributed by atoms with E-state index < -0.39 is 5.97 Å². The lowest BCUT2D eigenvalue weighted by atomic mass is 9.87. The highest BCUT2D eigenvalue weighted by molar-refractivity contribution is 5.89. The van der Waals surface area contributed by atoms with Gasteiger partial charge in [-0.2, -0.15) is 0 Å². The fourth-order valence-electron chi connectivity index (χ4n) is 2.13. The van der Waals surface area contributed by atoms with E-state index in [-0.39, 0.29) is 17.9 Å². The summed E-state index contributed by atoms with van der Waals surface area (Å²) >= 11 is 0. The number of rotatable bonds is 7. The molecule has 25 heavy (non-hydrogen) atoms. The first-order valence-electron chi connectivity index (χ1n) is 8.17. The Kier molecular flexibility index (Phi) is 6.22. The van der Waals surface area contributed by atoms with Gasteiger partial charge in [-0.05, 0) is 35.2 Å². The van der Waals surface area contributed by atoms with Gasteiger partial charge in [0.2, 0.25) is 0 Å². The average molecular weight is 344 g/mol. The number of nitrogens with one attached hydrogen (secondary N) is 2. The van der Waals surface area contributed by atoms with Crippen LogP contribution >= 0.6 is 0 Å². The topological polar surface area (TPSA) is 80.4 Å². The first-order chi connectivity index (χ1) is 11.9. The van der Waals surface area contributed by atoms with Gasteiger partial charge in [0.25, 0.3) is 5.91 Å². The summed E-state index contributed by atoms with van der Waals surface area (Å²) in [6, 6.07) is 11.2. The van der Waals surface area contributed by atoms with Crippen molar-refractivity contribution >= 4 is 11.9 Å². The molecule has 0 aliphatic carbocycles. The van der Waals surface area contributed by atoms with Gasteiger partial charge in [-0.3, -0.25) is 4.79 Å². The molecular weight excluding hydrogens is 320 g/mol. The highest BCUT2D eigenvalue weighted by Crippen LogP contribution is 2.24. The van der Waals surface area contributed by atoms with Crippen LogP contribution in [0.3, 0.4) is 0 Å². The SMILES string of the molecule is CC(C)(C)c1ccc(OCCNC(=O)COC(=O)c2ccc[nH]2)cc1. The maximum Gasteiger partial charge on any atom is 0.355 e. The van der Waals surface area contributed by atoms with Crippen molar-refractivity contribution in [1.29, 1.82) is 0 Å². The molecule has 6 nitrogen and oxygen atoms in total. The Labute approximate surface area is 147 Å². The van der Waals surface area contributed by atoms with Crippen LogP contribution in [-0.4, -0.2) is 36.6 Å². The van der Waals surface area contributed by atoms with E-state index in [0.29, 0.717) is 18.8 Å². The Balaban J connectivity index is 1.64. The van der Waals surface area contributed by atoms with Gasteiger partial charge in [-0.15, -0.1) is 0 Å². The van der Waals surface area contributed by atoms with Crippen molar-refractivity contribution in [3.05, 3.63) is 53.9 Å². The Morgan fingerprint density at radius 2 is 1.84 bits per heavy atom. The number of amides is 1. The zero-order chi connectivity index (χ0) is 18.3. The number of ether oxygens (including phenoxy) is 2. The maximum atomic E-state index is 11.6. The summed E-state index contributed by atoms with van der Waals surface area (Å²) < 4.78 is 10.5. The molecule has 0 unspecified atom stereocenters. The number of aromatic amines is 1. The standard InChI is InChI=1S/C19H24N2O4/c1-19(2,3)14-6-8-15(9-7-14)24-12-11-21-17(22)13-25-18(23)16-5-4-10-20-16/h4-10,20H,11-13H2,1-3H3,(H,21,22). The van der Waals surface area contributed by atoms with Crippen molar-refractivity contribution in [3.8, 4) is 5.75 Å². The second kappa shape index (κ2) is 8.37. The molecule has 0 spiro atoms. The molecule has 1 aromatic carbocycles. The fraction of sp³-hybridized carbons (Fsp3) is 0.368. The molecule has 6 heteroatoms. The van der Waals surface area contributed by atoms with Crippen LogP contribution in [0.5, 0.6) is 5.75 Å². The van der Waals surface area contributed by atoms with E-state index in [9.17, 15) is 9.59 Å². The first kappa shape index (κ1) is 18.6. The largest absolute Gasteiger partial charge is 0.492 e. The number of aromatic nitrogens is 1. The van der Waals surface area contributed by atoms with Crippen molar-refractivity contribution in [3.63, 3.8) is 0 Å². The summed E-state index contributed by atoms with van der Waals surface area (Å²) in [5.74, 6) is -0.178. The first-order valence-corrected chi connectivity index (χ1v) is 8.17. The Bertz CT molecular complexity index is 685. The van der Waals surface area contributed by atoms with Gasteiger partial charge >= 0.3 is 5.97 Å². The molecule has 134 valence electrons. The third-order valence-corrected chi connectivity index (χ3v) is 3.57. The Hall–Kier alpha value is -2.76. The van der Waals surface area contributed by atoms with Gasteiger partial charge in [0.15, 0.2) is 6.61 Å². The molecule has 2 rings (SSSR count). The highest BCUT2D eigenvalue weighted by atomic mass is 16.5. The number of esters is 1. The zero-order valence-electron chi connectivity index (χ0n) is 14.8.